The number of nitrogen functional groups attached to an aromatic ring is 1. The highest BCUT2D eigenvalue weighted by atomic mass is 16.5. The molecule has 0 aliphatic heterocycles. The average molecular weight is 401 g/mol. The Bertz CT molecular complexity index is 907. The minimum Gasteiger partial charge on any atom is -0.490 e. The molecule has 0 radical (unpaired) electrons. The maximum absolute atomic E-state index is 11.8. The van der Waals surface area contributed by atoms with Gasteiger partial charge in [-0.1, -0.05) is 6.07 Å². The molecule has 0 unspecified atom stereocenters. The number of aryl methyl sites for hydroxylation is 1. The van der Waals surface area contributed by atoms with Gasteiger partial charge in [-0.2, -0.15) is 0 Å². The summed E-state index contributed by atoms with van der Waals surface area (Å²) in [4.78, 5) is 27.8. The van der Waals surface area contributed by atoms with Crippen LogP contribution in [0.4, 0.5) is 5.69 Å². The van der Waals surface area contributed by atoms with Crippen LogP contribution in [0.15, 0.2) is 18.2 Å². The predicted octanol–water partition coefficient (Wildman–Crippen LogP) is 2.67. The van der Waals surface area contributed by atoms with Crippen LogP contribution in [0.3, 0.4) is 0 Å². The number of aromatic nitrogens is 1. The maximum atomic E-state index is 11.8. The zero-order valence-electron chi connectivity index (χ0n) is 16.7. The van der Waals surface area contributed by atoms with Gasteiger partial charge in [-0.05, 0) is 51.7 Å². The smallest absolute Gasteiger partial charge is 0.339 e. The van der Waals surface area contributed by atoms with Crippen LogP contribution in [0.5, 0.6) is 5.75 Å². The van der Waals surface area contributed by atoms with Gasteiger partial charge < -0.3 is 25.6 Å². The van der Waals surface area contributed by atoms with E-state index >= 15 is 0 Å². The van der Waals surface area contributed by atoms with Crippen molar-refractivity contribution in [3.8, 4) is 5.75 Å². The Kier molecular flexibility index (Phi) is 6.53. The minimum atomic E-state index is -1.10. The quantitative estimate of drug-likeness (QED) is 0.651. The van der Waals surface area contributed by atoms with Gasteiger partial charge in [0.15, 0.2) is 0 Å². The fourth-order valence-corrected chi connectivity index (χ4v) is 3.78. The molecular weight excluding hydrogens is 374 g/mol. The number of hydrogen-bond acceptors (Lipinski definition) is 6. The lowest BCUT2D eigenvalue weighted by molar-refractivity contribution is -0.126. The molecule has 1 aliphatic rings. The lowest BCUT2D eigenvalue weighted by Gasteiger charge is -2.30. The second kappa shape index (κ2) is 9.09. The summed E-state index contributed by atoms with van der Waals surface area (Å²) in [5.41, 5.74) is 7.35. The molecule has 4 N–H and O–H groups in total. The van der Waals surface area contributed by atoms with Crippen molar-refractivity contribution in [1.29, 1.82) is 0 Å². The van der Waals surface area contributed by atoms with Crippen molar-refractivity contribution >= 4 is 28.5 Å². The van der Waals surface area contributed by atoms with Crippen molar-refractivity contribution in [3.63, 3.8) is 0 Å². The minimum absolute atomic E-state index is 0.00858. The van der Waals surface area contributed by atoms with Gasteiger partial charge in [-0.3, -0.25) is 9.78 Å². The van der Waals surface area contributed by atoms with Crippen LogP contribution in [-0.4, -0.2) is 47.3 Å². The van der Waals surface area contributed by atoms with E-state index in [4.69, 9.17) is 15.2 Å². The summed E-state index contributed by atoms with van der Waals surface area (Å²) in [7, 11) is 0. The molecule has 2 aromatic rings. The molecule has 1 aliphatic carbocycles. The number of nitrogens with one attached hydrogen (secondary N) is 1. The van der Waals surface area contributed by atoms with E-state index in [1.165, 1.54) is 0 Å². The Morgan fingerprint density at radius 3 is 2.66 bits per heavy atom. The number of fused-ring (bicyclic) bond motifs is 1. The third-order valence-corrected chi connectivity index (χ3v) is 5.18. The first-order chi connectivity index (χ1) is 13.9. The van der Waals surface area contributed by atoms with Crippen molar-refractivity contribution in [2.45, 2.75) is 51.7 Å². The Hall–Kier alpha value is -2.87. The first kappa shape index (κ1) is 20.9. The third-order valence-electron chi connectivity index (χ3n) is 5.18. The summed E-state index contributed by atoms with van der Waals surface area (Å²) in [6.45, 7) is 4.08. The molecule has 1 saturated carbocycles. The highest BCUT2D eigenvalue weighted by molar-refractivity contribution is 6.06. The number of rotatable bonds is 7. The van der Waals surface area contributed by atoms with Gasteiger partial charge >= 0.3 is 5.97 Å². The van der Waals surface area contributed by atoms with E-state index in [9.17, 15) is 14.7 Å². The van der Waals surface area contributed by atoms with Crippen LogP contribution in [0, 0.1) is 6.92 Å². The topological polar surface area (TPSA) is 124 Å². The lowest BCUT2D eigenvalue weighted by atomic mass is 9.93. The molecule has 0 atom stereocenters. The zero-order chi connectivity index (χ0) is 21.0. The number of pyridine rings is 1. The molecule has 1 heterocycles. The molecular formula is C21H27N3O5. The first-order valence-electron chi connectivity index (χ1n) is 9.86. The summed E-state index contributed by atoms with van der Waals surface area (Å²) in [5, 5.41) is 13.0. The molecule has 8 nitrogen and oxygen atoms in total. The van der Waals surface area contributed by atoms with Crippen LogP contribution >= 0.6 is 0 Å². The number of carboxylic acids is 1. The number of carbonyl (C=O) groups is 2. The fourth-order valence-electron chi connectivity index (χ4n) is 3.78. The van der Waals surface area contributed by atoms with Crippen LogP contribution in [0.2, 0.25) is 0 Å². The van der Waals surface area contributed by atoms with Crippen molar-refractivity contribution in [2.75, 3.05) is 18.9 Å². The Balaban J connectivity index is 1.71. The van der Waals surface area contributed by atoms with Gasteiger partial charge in [-0.15, -0.1) is 0 Å². The normalized spacial score (nSPS) is 19.1. The number of anilines is 1. The molecule has 0 spiro atoms. The summed E-state index contributed by atoms with van der Waals surface area (Å²) < 4.78 is 11.3. The standard InChI is InChI=1S/C21H27N3O5/c1-3-28-11-17(25)24-13-7-9-14(10-8-13)29-16-6-4-5-15-19(16)20(22)18(21(26)27)12(2)23-15/h4-6,13-14H,3,7-11H2,1-2H3,(H2,22,23)(H,24,25)(H,26,27)/t13-,14-. The number of amides is 1. The second-order valence-electron chi connectivity index (χ2n) is 7.24. The fraction of sp³-hybridized carbons (Fsp3) is 0.476. The van der Waals surface area contributed by atoms with Gasteiger partial charge in [0, 0.05) is 12.6 Å². The molecule has 1 amide bonds. The van der Waals surface area contributed by atoms with E-state index in [0.29, 0.717) is 29.0 Å². The number of carbonyl (C=O) groups excluding carboxylic acids is 1. The van der Waals surface area contributed by atoms with Crippen LogP contribution in [0.25, 0.3) is 10.9 Å². The number of nitrogens with zero attached hydrogens (tertiary/aromatic N) is 1. The largest absolute Gasteiger partial charge is 0.490 e. The number of ether oxygens (including phenoxy) is 2. The van der Waals surface area contributed by atoms with Gasteiger partial charge in [-0.25, -0.2) is 4.79 Å². The highest BCUT2D eigenvalue weighted by Crippen LogP contribution is 2.35. The molecule has 1 fully saturated rings. The van der Waals surface area contributed by atoms with Crippen LogP contribution < -0.4 is 15.8 Å². The Morgan fingerprint density at radius 1 is 1.28 bits per heavy atom. The lowest BCUT2D eigenvalue weighted by Crippen LogP contribution is -2.41. The van der Waals surface area contributed by atoms with E-state index < -0.39 is 5.97 Å². The van der Waals surface area contributed by atoms with E-state index in [1.54, 1.807) is 19.1 Å². The van der Waals surface area contributed by atoms with Gasteiger partial charge in [0.1, 0.15) is 17.9 Å². The summed E-state index contributed by atoms with van der Waals surface area (Å²) in [5.74, 6) is -0.660. The molecule has 3 rings (SSSR count). The SMILES string of the molecule is CCOCC(=O)N[C@H]1CC[C@H](Oc2cccc3nc(C)c(C(=O)O)c(N)c23)CC1. The Morgan fingerprint density at radius 2 is 2.00 bits per heavy atom. The first-order valence-corrected chi connectivity index (χ1v) is 9.86. The molecule has 156 valence electrons. The molecule has 8 heteroatoms. The summed E-state index contributed by atoms with van der Waals surface area (Å²) in [6.07, 6.45) is 3.14. The molecule has 29 heavy (non-hydrogen) atoms. The number of hydrogen-bond donors (Lipinski definition) is 3. The predicted molar refractivity (Wildman–Crippen MR) is 109 cm³/mol. The molecule has 0 bridgehead atoms. The third kappa shape index (κ3) is 4.76. The van der Waals surface area contributed by atoms with Gasteiger partial charge in [0.2, 0.25) is 5.91 Å². The van der Waals surface area contributed by atoms with Crippen LogP contribution in [-0.2, 0) is 9.53 Å². The summed E-state index contributed by atoms with van der Waals surface area (Å²) >= 11 is 0. The van der Waals surface area contributed by atoms with E-state index in [2.05, 4.69) is 10.3 Å². The van der Waals surface area contributed by atoms with Crippen molar-refractivity contribution in [3.05, 3.63) is 29.5 Å². The van der Waals surface area contributed by atoms with Gasteiger partial charge in [0.05, 0.1) is 28.4 Å². The van der Waals surface area contributed by atoms with Crippen molar-refractivity contribution in [1.82, 2.24) is 10.3 Å². The monoisotopic (exact) mass is 401 g/mol. The summed E-state index contributed by atoms with van der Waals surface area (Å²) in [6, 6.07) is 5.52. The second-order valence-corrected chi connectivity index (χ2v) is 7.24. The zero-order valence-corrected chi connectivity index (χ0v) is 16.7. The number of nitrogens with two attached hydrogens (primary N) is 1. The van der Waals surface area contributed by atoms with Crippen LogP contribution in [0.1, 0.15) is 48.7 Å². The average Bonchev–Trinajstić information content (AvgIpc) is 2.67. The maximum Gasteiger partial charge on any atom is 0.339 e. The number of benzene rings is 1. The number of aromatic carboxylic acids is 1. The highest BCUT2D eigenvalue weighted by Gasteiger charge is 2.25. The molecule has 1 aromatic carbocycles. The molecule has 1 aromatic heterocycles. The molecule has 0 saturated heterocycles. The van der Waals surface area contributed by atoms with E-state index in [-0.39, 0.29) is 35.9 Å². The van der Waals surface area contributed by atoms with E-state index in [0.717, 1.165) is 25.7 Å². The van der Waals surface area contributed by atoms with Crippen molar-refractivity contribution in [2.24, 2.45) is 0 Å². The number of carboxylic acid groups (broad SMARTS) is 1. The Labute approximate surface area is 169 Å². The van der Waals surface area contributed by atoms with Crippen molar-refractivity contribution < 1.29 is 24.2 Å². The van der Waals surface area contributed by atoms with Gasteiger partial charge in [0.25, 0.3) is 0 Å². The van der Waals surface area contributed by atoms with E-state index in [1.807, 2.05) is 13.0 Å².